The molecule has 0 heterocycles. The van der Waals surface area contributed by atoms with Crippen molar-refractivity contribution in [2.24, 2.45) is 0 Å². The monoisotopic (exact) mass is 225 g/mol. The van der Waals surface area contributed by atoms with Crippen LogP contribution in [0.3, 0.4) is 0 Å². The van der Waals surface area contributed by atoms with Crippen molar-refractivity contribution in [3.05, 3.63) is 35.4 Å². The molecule has 0 bridgehead atoms. The molecule has 3 N–H and O–H groups in total. The summed E-state index contributed by atoms with van der Waals surface area (Å²) in [7, 11) is 1.67. The number of aliphatic hydroxyl groups excluding tert-OH is 2. The Bertz CT molecular complexity index is 300. The Hall–Kier alpha value is -0.940. The number of hydrogen-bond acceptors (Lipinski definition) is 4. The van der Waals surface area contributed by atoms with Gasteiger partial charge in [0.05, 0.1) is 25.9 Å². The Labute approximate surface area is 95.9 Å². The first-order valence-electron chi connectivity index (χ1n) is 5.32. The summed E-state index contributed by atoms with van der Waals surface area (Å²) in [5.74, 6) is 0. The standard InChI is InChI=1S/C12H19NO3/c1-16-9-11-4-2-3-10(5-11)6-13-12(7-14)8-15/h2-5,12-15H,6-9H2,1H3. The minimum Gasteiger partial charge on any atom is -0.395 e. The molecular weight excluding hydrogens is 206 g/mol. The van der Waals surface area contributed by atoms with Crippen LogP contribution in [0.2, 0.25) is 0 Å². The summed E-state index contributed by atoms with van der Waals surface area (Å²) in [5.41, 5.74) is 2.23. The van der Waals surface area contributed by atoms with E-state index in [4.69, 9.17) is 14.9 Å². The zero-order valence-corrected chi connectivity index (χ0v) is 9.52. The Morgan fingerprint density at radius 1 is 1.25 bits per heavy atom. The van der Waals surface area contributed by atoms with Gasteiger partial charge in [-0.05, 0) is 11.1 Å². The minimum atomic E-state index is -0.258. The fourth-order valence-corrected chi connectivity index (χ4v) is 1.45. The van der Waals surface area contributed by atoms with E-state index in [1.54, 1.807) is 7.11 Å². The summed E-state index contributed by atoms with van der Waals surface area (Å²) in [5, 5.41) is 20.9. The van der Waals surface area contributed by atoms with Crippen LogP contribution in [0.4, 0.5) is 0 Å². The molecule has 0 saturated heterocycles. The number of nitrogens with one attached hydrogen (secondary N) is 1. The Balaban J connectivity index is 2.49. The molecule has 0 unspecified atom stereocenters. The average molecular weight is 225 g/mol. The van der Waals surface area contributed by atoms with Crippen molar-refractivity contribution in [2.45, 2.75) is 19.2 Å². The van der Waals surface area contributed by atoms with Crippen molar-refractivity contribution >= 4 is 0 Å². The van der Waals surface area contributed by atoms with Gasteiger partial charge in [-0.3, -0.25) is 0 Å². The van der Waals surface area contributed by atoms with Crippen LogP contribution in [0.15, 0.2) is 24.3 Å². The molecule has 0 amide bonds. The van der Waals surface area contributed by atoms with E-state index < -0.39 is 0 Å². The third kappa shape index (κ3) is 4.28. The average Bonchev–Trinajstić information content (AvgIpc) is 2.31. The quantitative estimate of drug-likeness (QED) is 0.623. The van der Waals surface area contributed by atoms with E-state index in [0.29, 0.717) is 13.2 Å². The first-order chi connectivity index (χ1) is 7.80. The normalized spacial score (nSPS) is 11.0. The second-order valence-electron chi connectivity index (χ2n) is 3.70. The number of ether oxygens (including phenoxy) is 1. The molecule has 1 aromatic carbocycles. The van der Waals surface area contributed by atoms with Gasteiger partial charge in [-0.25, -0.2) is 0 Å². The second-order valence-corrected chi connectivity index (χ2v) is 3.70. The second kappa shape index (κ2) is 7.35. The number of aliphatic hydroxyl groups is 2. The third-order valence-electron chi connectivity index (χ3n) is 2.34. The van der Waals surface area contributed by atoms with Gasteiger partial charge in [-0.15, -0.1) is 0 Å². The zero-order chi connectivity index (χ0) is 11.8. The summed E-state index contributed by atoms with van der Waals surface area (Å²) >= 11 is 0. The first kappa shape index (κ1) is 13.1. The minimum absolute atomic E-state index is 0.0612. The maximum atomic E-state index is 8.90. The van der Waals surface area contributed by atoms with Crippen molar-refractivity contribution in [3.8, 4) is 0 Å². The third-order valence-corrected chi connectivity index (χ3v) is 2.34. The summed E-state index contributed by atoms with van der Waals surface area (Å²) in [6.45, 7) is 1.10. The fourth-order valence-electron chi connectivity index (χ4n) is 1.45. The van der Waals surface area contributed by atoms with Gasteiger partial charge in [-0.2, -0.15) is 0 Å². The predicted molar refractivity (Wildman–Crippen MR) is 62.0 cm³/mol. The highest BCUT2D eigenvalue weighted by atomic mass is 16.5. The molecule has 0 aliphatic rings. The number of benzene rings is 1. The summed E-state index contributed by atoms with van der Waals surface area (Å²) in [6, 6.07) is 7.76. The van der Waals surface area contributed by atoms with E-state index in [9.17, 15) is 0 Å². The molecule has 0 aromatic heterocycles. The predicted octanol–water partition coefficient (Wildman–Crippen LogP) is 0.276. The summed E-state index contributed by atoms with van der Waals surface area (Å²) in [4.78, 5) is 0. The van der Waals surface area contributed by atoms with E-state index in [-0.39, 0.29) is 19.3 Å². The van der Waals surface area contributed by atoms with Crippen molar-refractivity contribution in [2.75, 3.05) is 20.3 Å². The smallest absolute Gasteiger partial charge is 0.0713 e. The molecule has 0 spiro atoms. The number of methoxy groups -OCH3 is 1. The van der Waals surface area contributed by atoms with Gasteiger partial charge in [0, 0.05) is 13.7 Å². The lowest BCUT2D eigenvalue weighted by molar-refractivity contribution is 0.170. The van der Waals surface area contributed by atoms with Crippen LogP contribution >= 0.6 is 0 Å². The lowest BCUT2D eigenvalue weighted by Gasteiger charge is -2.13. The van der Waals surface area contributed by atoms with Crippen LogP contribution in [-0.2, 0) is 17.9 Å². The highest BCUT2D eigenvalue weighted by Gasteiger charge is 2.04. The Kier molecular flexibility index (Phi) is 6.03. The fraction of sp³-hybridized carbons (Fsp3) is 0.500. The number of hydrogen-bond donors (Lipinski definition) is 3. The van der Waals surface area contributed by atoms with Gasteiger partial charge >= 0.3 is 0 Å². The van der Waals surface area contributed by atoms with Crippen molar-refractivity contribution in [1.82, 2.24) is 5.32 Å². The number of rotatable bonds is 7. The van der Waals surface area contributed by atoms with Crippen LogP contribution in [0.5, 0.6) is 0 Å². The molecule has 1 rings (SSSR count). The molecule has 0 saturated carbocycles. The van der Waals surface area contributed by atoms with Gasteiger partial charge in [0.1, 0.15) is 0 Å². The van der Waals surface area contributed by atoms with Gasteiger partial charge < -0.3 is 20.3 Å². The van der Waals surface area contributed by atoms with Crippen LogP contribution in [-0.4, -0.2) is 36.6 Å². The lowest BCUT2D eigenvalue weighted by Crippen LogP contribution is -2.35. The molecule has 0 radical (unpaired) electrons. The molecule has 1 aromatic rings. The SMILES string of the molecule is COCc1cccc(CNC(CO)CO)c1. The van der Waals surface area contributed by atoms with Crippen molar-refractivity contribution < 1.29 is 14.9 Å². The lowest BCUT2D eigenvalue weighted by atomic mass is 10.1. The molecule has 0 aliphatic heterocycles. The first-order valence-corrected chi connectivity index (χ1v) is 5.32. The molecule has 0 aliphatic carbocycles. The summed E-state index contributed by atoms with van der Waals surface area (Å²) < 4.78 is 5.05. The molecule has 16 heavy (non-hydrogen) atoms. The molecule has 0 atom stereocenters. The molecule has 4 nitrogen and oxygen atoms in total. The van der Waals surface area contributed by atoms with Crippen LogP contribution in [0, 0.1) is 0 Å². The highest BCUT2D eigenvalue weighted by Crippen LogP contribution is 2.06. The maximum Gasteiger partial charge on any atom is 0.0713 e. The molecule has 4 heteroatoms. The van der Waals surface area contributed by atoms with E-state index in [0.717, 1.165) is 11.1 Å². The molecule has 0 fully saturated rings. The van der Waals surface area contributed by atoms with E-state index in [1.807, 2.05) is 24.3 Å². The summed E-state index contributed by atoms with van der Waals surface area (Å²) in [6.07, 6.45) is 0. The van der Waals surface area contributed by atoms with Gasteiger partial charge in [0.2, 0.25) is 0 Å². The van der Waals surface area contributed by atoms with Gasteiger partial charge in [0.25, 0.3) is 0 Å². The molecule has 90 valence electrons. The molecular formula is C12H19NO3. The van der Waals surface area contributed by atoms with Gasteiger partial charge in [-0.1, -0.05) is 24.3 Å². The Morgan fingerprint density at radius 2 is 1.94 bits per heavy atom. The van der Waals surface area contributed by atoms with E-state index in [1.165, 1.54) is 0 Å². The zero-order valence-electron chi connectivity index (χ0n) is 9.52. The van der Waals surface area contributed by atoms with Crippen LogP contribution < -0.4 is 5.32 Å². The van der Waals surface area contributed by atoms with Crippen LogP contribution in [0.25, 0.3) is 0 Å². The topological polar surface area (TPSA) is 61.7 Å². The maximum absolute atomic E-state index is 8.90. The highest BCUT2D eigenvalue weighted by molar-refractivity contribution is 5.22. The van der Waals surface area contributed by atoms with Crippen molar-refractivity contribution in [3.63, 3.8) is 0 Å². The Morgan fingerprint density at radius 3 is 2.56 bits per heavy atom. The van der Waals surface area contributed by atoms with Gasteiger partial charge in [0.15, 0.2) is 0 Å². The van der Waals surface area contributed by atoms with E-state index in [2.05, 4.69) is 5.32 Å². The van der Waals surface area contributed by atoms with Crippen LogP contribution in [0.1, 0.15) is 11.1 Å². The van der Waals surface area contributed by atoms with E-state index >= 15 is 0 Å². The van der Waals surface area contributed by atoms with Crippen molar-refractivity contribution in [1.29, 1.82) is 0 Å². The largest absolute Gasteiger partial charge is 0.395 e.